The number of benzene rings is 1. The molecule has 10 N–H and O–H groups in total. The van der Waals surface area contributed by atoms with Gasteiger partial charge in [-0.3, -0.25) is 0 Å². The van der Waals surface area contributed by atoms with Crippen molar-refractivity contribution in [1.29, 1.82) is 0 Å². The number of ether oxygens (including phenoxy) is 6. The number of rotatable bonds is 10. The molecule has 4 rings (SSSR count). The van der Waals surface area contributed by atoms with Gasteiger partial charge in [0.15, 0.2) is 18.9 Å². The quantitative estimate of drug-likeness (QED) is 0.121. The van der Waals surface area contributed by atoms with Crippen LogP contribution in [-0.2, 0) is 35.0 Å². The van der Waals surface area contributed by atoms with Crippen LogP contribution < -0.4 is 0 Å². The normalized spacial score (nSPS) is 45.5. The average molecular weight is 595 g/mol. The molecule has 1 aromatic rings. The molecule has 41 heavy (non-hydrogen) atoms. The Labute approximate surface area is 234 Å². The number of aliphatic hydroxyl groups excluding tert-OH is 10. The predicted molar refractivity (Wildman–Crippen MR) is 130 cm³/mol. The molecule has 3 fully saturated rings. The summed E-state index contributed by atoms with van der Waals surface area (Å²) in [5, 5.41) is 103. The van der Waals surface area contributed by atoms with Crippen LogP contribution in [0.3, 0.4) is 0 Å². The molecule has 0 radical (unpaired) electrons. The smallest absolute Gasteiger partial charge is 0.187 e. The minimum atomic E-state index is -1.89. The van der Waals surface area contributed by atoms with Crippen LogP contribution in [0.2, 0.25) is 0 Å². The summed E-state index contributed by atoms with van der Waals surface area (Å²) in [7, 11) is 0. The second-order valence-electron chi connectivity index (χ2n) is 10.1. The molecule has 0 saturated carbocycles. The van der Waals surface area contributed by atoms with Gasteiger partial charge in [-0.2, -0.15) is 0 Å². The SMILES string of the molecule is OC[C@H]1O[C@H](O[C@H]2[C@@H](O)[C@@H](CO)O[C@@H](O[C@H]3[C@H](O)[C@@H](O)[C@H](OCc4ccccc4)O[C@@H]3CO)[C@@H]2O)[C@H](O)[C@@H](O)[C@H]1O. The van der Waals surface area contributed by atoms with E-state index >= 15 is 0 Å². The lowest BCUT2D eigenvalue weighted by molar-refractivity contribution is -0.381. The van der Waals surface area contributed by atoms with E-state index in [1.165, 1.54) is 0 Å². The molecule has 3 aliphatic rings. The minimum Gasteiger partial charge on any atom is -0.394 e. The Morgan fingerprint density at radius 1 is 0.512 bits per heavy atom. The van der Waals surface area contributed by atoms with Crippen LogP contribution in [0, 0.1) is 0 Å². The van der Waals surface area contributed by atoms with Crippen molar-refractivity contribution in [2.45, 2.75) is 98.7 Å². The number of hydrogen-bond donors (Lipinski definition) is 10. The first-order valence-electron chi connectivity index (χ1n) is 13.1. The molecule has 0 aliphatic carbocycles. The Morgan fingerprint density at radius 3 is 1.63 bits per heavy atom. The van der Waals surface area contributed by atoms with E-state index in [-0.39, 0.29) is 6.61 Å². The van der Waals surface area contributed by atoms with Gasteiger partial charge in [0.25, 0.3) is 0 Å². The Balaban J connectivity index is 1.45. The van der Waals surface area contributed by atoms with Gasteiger partial charge in [-0.05, 0) is 5.56 Å². The zero-order valence-corrected chi connectivity index (χ0v) is 21.8. The maximum Gasteiger partial charge on any atom is 0.187 e. The van der Waals surface area contributed by atoms with Crippen molar-refractivity contribution in [3.63, 3.8) is 0 Å². The van der Waals surface area contributed by atoms with Crippen LogP contribution in [0.15, 0.2) is 30.3 Å². The summed E-state index contributed by atoms with van der Waals surface area (Å²) in [6.07, 6.45) is -24.5. The molecule has 0 amide bonds. The zero-order valence-electron chi connectivity index (χ0n) is 21.8. The van der Waals surface area contributed by atoms with Crippen molar-refractivity contribution in [1.82, 2.24) is 0 Å². The van der Waals surface area contributed by atoms with Crippen LogP contribution in [0.1, 0.15) is 5.56 Å². The summed E-state index contributed by atoms with van der Waals surface area (Å²) in [6.45, 7) is -2.24. The lowest BCUT2D eigenvalue weighted by atomic mass is 9.96. The monoisotopic (exact) mass is 594 g/mol. The molecule has 3 saturated heterocycles. The first-order valence-corrected chi connectivity index (χ1v) is 13.1. The van der Waals surface area contributed by atoms with Crippen LogP contribution in [-0.4, -0.2) is 163 Å². The summed E-state index contributed by atoms with van der Waals surface area (Å²) in [5.74, 6) is 0. The molecule has 16 heteroatoms. The van der Waals surface area contributed by atoms with Gasteiger partial charge in [0.05, 0.1) is 26.4 Å². The summed E-state index contributed by atoms with van der Waals surface area (Å²) < 4.78 is 33.1. The Morgan fingerprint density at radius 2 is 1.02 bits per heavy atom. The van der Waals surface area contributed by atoms with Gasteiger partial charge in [-0.1, -0.05) is 30.3 Å². The van der Waals surface area contributed by atoms with E-state index in [0.29, 0.717) is 0 Å². The first-order chi connectivity index (χ1) is 19.6. The van der Waals surface area contributed by atoms with Crippen molar-refractivity contribution < 1.29 is 79.5 Å². The molecule has 16 nitrogen and oxygen atoms in total. The van der Waals surface area contributed by atoms with E-state index in [2.05, 4.69) is 0 Å². The van der Waals surface area contributed by atoms with Crippen LogP contribution in [0.4, 0.5) is 0 Å². The zero-order chi connectivity index (χ0) is 29.8. The molecule has 0 spiro atoms. The van der Waals surface area contributed by atoms with Gasteiger partial charge >= 0.3 is 0 Å². The van der Waals surface area contributed by atoms with Crippen LogP contribution in [0.25, 0.3) is 0 Å². The maximum atomic E-state index is 11.0. The Bertz CT molecular complexity index is 922. The second kappa shape index (κ2) is 14.4. The van der Waals surface area contributed by atoms with E-state index in [9.17, 15) is 51.1 Å². The Kier molecular flexibility index (Phi) is 11.4. The van der Waals surface area contributed by atoms with Gasteiger partial charge in [-0.25, -0.2) is 0 Å². The molecule has 15 atom stereocenters. The third-order valence-corrected chi connectivity index (χ3v) is 7.33. The number of hydrogen-bond acceptors (Lipinski definition) is 16. The lowest BCUT2D eigenvalue weighted by Gasteiger charge is -2.48. The molecule has 234 valence electrons. The third kappa shape index (κ3) is 7.05. The van der Waals surface area contributed by atoms with Gasteiger partial charge in [0.2, 0.25) is 0 Å². The fourth-order valence-electron chi connectivity index (χ4n) is 4.93. The van der Waals surface area contributed by atoms with Gasteiger partial charge in [-0.15, -0.1) is 0 Å². The molecule has 0 unspecified atom stereocenters. The minimum absolute atomic E-state index is 0.0243. The van der Waals surface area contributed by atoms with Crippen molar-refractivity contribution >= 4 is 0 Å². The van der Waals surface area contributed by atoms with E-state index in [1.54, 1.807) is 24.3 Å². The maximum absolute atomic E-state index is 11.0. The average Bonchev–Trinajstić information content (AvgIpc) is 2.98. The van der Waals surface area contributed by atoms with Crippen molar-refractivity contribution in [2.24, 2.45) is 0 Å². The summed E-state index contributed by atoms with van der Waals surface area (Å²) >= 11 is 0. The van der Waals surface area contributed by atoms with Gasteiger partial charge in [0.1, 0.15) is 73.2 Å². The molecular formula is C25H38O16. The van der Waals surface area contributed by atoms with Crippen molar-refractivity contribution in [3.05, 3.63) is 35.9 Å². The van der Waals surface area contributed by atoms with Gasteiger partial charge in [0, 0.05) is 0 Å². The highest BCUT2D eigenvalue weighted by Gasteiger charge is 2.53. The van der Waals surface area contributed by atoms with Crippen LogP contribution >= 0.6 is 0 Å². The molecular weight excluding hydrogens is 556 g/mol. The largest absolute Gasteiger partial charge is 0.394 e. The molecule has 3 heterocycles. The van der Waals surface area contributed by atoms with E-state index in [4.69, 9.17) is 28.4 Å². The van der Waals surface area contributed by atoms with Crippen molar-refractivity contribution in [2.75, 3.05) is 19.8 Å². The highest BCUT2D eigenvalue weighted by molar-refractivity contribution is 5.13. The topological polar surface area (TPSA) is 258 Å². The molecule has 0 aromatic heterocycles. The van der Waals surface area contributed by atoms with E-state index in [1.807, 2.05) is 6.07 Å². The molecule has 0 bridgehead atoms. The lowest BCUT2D eigenvalue weighted by Crippen LogP contribution is -2.66. The summed E-state index contributed by atoms with van der Waals surface area (Å²) in [4.78, 5) is 0. The fraction of sp³-hybridized carbons (Fsp3) is 0.760. The van der Waals surface area contributed by atoms with E-state index < -0.39 is 112 Å². The third-order valence-electron chi connectivity index (χ3n) is 7.33. The van der Waals surface area contributed by atoms with Crippen molar-refractivity contribution in [3.8, 4) is 0 Å². The standard InChI is InChI=1S/C25H38O16/c26-6-11-14(29)16(31)18(33)24(37-11)41-22-15(30)12(7-27)38-25(20(22)35)40-21-13(8-28)39-23(19(34)17(21)32)36-9-10-4-2-1-3-5-10/h1-5,11-35H,6-9H2/t11-,12-,13-,14+,15+,16+,17-,18-,19-,20-,21-,22+,23-,24-,25+/m1/s1. The van der Waals surface area contributed by atoms with Crippen LogP contribution in [0.5, 0.6) is 0 Å². The second-order valence-corrected chi connectivity index (χ2v) is 10.1. The first kappa shape index (κ1) is 32.5. The number of aliphatic hydroxyl groups is 10. The van der Waals surface area contributed by atoms with E-state index in [0.717, 1.165) is 5.56 Å². The predicted octanol–water partition coefficient (Wildman–Crippen LogP) is -5.35. The fourth-order valence-corrected chi connectivity index (χ4v) is 4.93. The van der Waals surface area contributed by atoms with Gasteiger partial charge < -0.3 is 79.5 Å². The molecule has 1 aromatic carbocycles. The highest BCUT2D eigenvalue weighted by atomic mass is 16.8. The summed E-state index contributed by atoms with van der Waals surface area (Å²) in [5.41, 5.74) is 0.759. The Hall–Kier alpha value is -1.42. The summed E-state index contributed by atoms with van der Waals surface area (Å²) in [6, 6.07) is 8.93. The highest BCUT2D eigenvalue weighted by Crippen LogP contribution is 2.32. The molecule has 3 aliphatic heterocycles.